The molecule has 4 aromatic rings. The molecule has 0 unspecified atom stereocenters. The molecule has 3 aromatic carbocycles. The molecule has 0 atom stereocenters. The van der Waals surface area contributed by atoms with Gasteiger partial charge in [-0.2, -0.15) is 13.2 Å². The fourth-order valence-corrected chi connectivity index (χ4v) is 3.98. The van der Waals surface area contributed by atoms with Crippen LogP contribution in [0.4, 0.5) is 51.0 Å². The van der Waals surface area contributed by atoms with Crippen molar-refractivity contribution in [2.45, 2.75) is 6.18 Å². The van der Waals surface area contributed by atoms with E-state index in [0.717, 1.165) is 5.56 Å². The van der Waals surface area contributed by atoms with Crippen LogP contribution in [0.5, 0.6) is 0 Å². The number of halogens is 4. The van der Waals surface area contributed by atoms with Crippen molar-refractivity contribution in [3.05, 3.63) is 102 Å². The van der Waals surface area contributed by atoms with Crippen molar-refractivity contribution in [1.82, 2.24) is 0 Å². The second-order valence-electron chi connectivity index (χ2n) is 8.05. The molecule has 0 bridgehead atoms. The van der Waals surface area contributed by atoms with Crippen molar-refractivity contribution < 1.29 is 26.8 Å². The van der Waals surface area contributed by atoms with Gasteiger partial charge in [-0.3, -0.25) is 4.90 Å². The van der Waals surface area contributed by atoms with Gasteiger partial charge in [-0.15, -0.1) is 0 Å². The molecule has 0 saturated heterocycles. The first kappa shape index (κ1) is 23.9. The first-order chi connectivity index (χ1) is 17.7. The second-order valence-corrected chi connectivity index (χ2v) is 8.05. The molecule has 188 valence electrons. The minimum absolute atomic E-state index is 0.0880. The molecule has 11 heteroatoms. The van der Waals surface area contributed by atoms with E-state index in [0.29, 0.717) is 52.9 Å². The zero-order valence-corrected chi connectivity index (χ0v) is 19.0. The molecule has 37 heavy (non-hydrogen) atoms. The van der Waals surface area contributed by atoms with Gasteiger partial charge in [-0.1, -0.05) is 18.2 Å². The number of nitrogens with two attached hydrogens (primary N) is 1. The lowest BCUT2D eigenvalue weighted by Gasteiger charge is -2.31. The number of benzene rings is 3. The number of rotatable bonds is 4. The van der Waals surface area contributed by atoms with Gasteiger partial charge in [0.1, 0.15) is 11.7 Å². The fraction of sp³-hybridized carbons (Fsp3) is 0.0769. The van der Waals surface area contributed by atoms with Crippen LogP contribution in [0.1, 0.15) is 11.1 Å². The number of hydrogen-bond donors (Lipinski definition) is 2. The maximum Gasteiger partial charge on any atom is 0.416 e. The van der Waals surface area contributed by atoms with E-state index < -0.39 is 29.3 Å². The Bertz CT molecular complexity index is 1470. The molecule has 0 aliphatic carbocycles. The second kappa shape index (κ2) is 9.34. The van der Waals surface area contributed by atoms with Crippen LogP contribution in [0.2, 0.25) is 0 Å². The van der Waals surface area contributed by atoms with Crippen molar-refractivity contribution in [1.29, 1.82) is 0 Å². The smallest absolute Gasteiger partial charge is 0.416 e. The number of hydrogen-bond acceptors (Lipinski definition) is 4. The van der Waals surface area contributed by atoms with Crippen molar-refractivity contribution in [3.8, 4) is 0 Å². The SMILES string of the molecule is NC(=O)N(c1ccc(N2CNc3occc3C2=Nc2ccccc2)cc1)c1cc(C(F)(F)F)ccc1F. The van der Waals surface area contributed by atoms with Gasteiger partial charge < -0.3 is 20.4 Å². The van der Waals surface area contributed by atoms with Gasteiger partial charge in [0.25, 0.3) is 0 Å². The summed E-state index contributed by atoms with van der Waals surface area (Å²) >= 11 is 0. The Kier molecular flexibility index (Phi) is 6.04. The fourth-order valence-electron chi connectivity index (χ4n) is 3.98. The van der Waals surface area contributed by atoms with Gasteiger partial charge in [-0.05, 0) is 60.7 Å². The highest BCUT2D eigenvalue weighted by molar-refractivity contribution is 6.15. The summed E-state index contributed by atoms with van der Waals surface area (Å²) in [6.45, 7) is 0.299. The van der Waals surface area contributed by atoms with Crippen molar-refractivity contribution >= 4 is 40.5 Å². The third-order valence-corrected chi connectivity index (χ3v) is 5.71. The molecule has 1 aromatic heterocycles. The van der Waals surface area contributed by atoms with E-state index in [4.69, 9.17) is 15.1 Å². The van der Waals surface area contributed by atoms with Crippen molar-refractivity contribution in [3.63, 3.8) is 0 Å². The van der Waals surface area contributed by atoms with Crippen LogP contribution in [0.3, 0.4) is 0 Å². The number of anilines is 4. The van der Waals surface area contributed by atoms with E-state index in [2.05, 4.69) is 5.32 Å². The van der Waals surface area contributed by atoms with Gasteiger partial charge in [0, 0.05) is 5.69 Å². The molecule has 2 heterocycles. The first-order valence-corrected chi connectivity index (χ1v) is 11.0. The van der Waals surface area contributed by atoms with Gasteiger partial charge >= 0.3 is 12.2 Å². The van der Waals surface area contributed by atoms with Crippen LogP contribution in [0, 0.1) is 5.82 Å². The van der Waals surface area contributed by atoms with Crippen LogP contribution >= 0.6 is 0 Å². The number of carbonyl (C=O) groups excluding carboxylic acids is 1. The number of alkyl halides is 3. The molecule has 2 amide bonds. The predicted octanol–water partition coefficient (Wildman–Crippen LogP) is 6.62. The standard InChI is InChI=1S/C26H19F4N5O2/c27-21-11-6-16(26(28,29)30)14-22(21)35(25(31)36)19-9-7-18(8-10-19)34-15-32-24-20(12-13-37-24)23(34)33-17-4-2-1-3-5-17/h1-14,32H,15H2,(H2,31,36). The maximum atomic E-state index is 14.5. The first-order valence-electron chi connectivity index (χ1n) is 11.0. The molecule has 0 fully saturated rings. The number of carbonyl (C=O) groups is 1. The van der Waals surface area contributed by atoms with E-state index in [1.165, 1.54) is 12.1 Å². The average molecular weight is 509 g/mol. The van der Waals surface area contributed by atoms with Crippen LogP contribution in [-0.4, -0.2) is 18.5 Å². The number of amides is 2. The number of nitrogens with zero attached hydrogens (tertiary/aromatic N) is 3. The highest BCUT2D eigenvalue weighted by Crippen LogP contribution is 2.36. The number of amidine groups is 1. The molecule has 1 aliphatic rings. The van der Waals surface area contributed by atoms with Crippen molar-refractivity contribution in [2.24, 2.45) is 10.7 Å². The third kappa shape index (κ3) is 4.70. The molecule has 0 spiro atoms. The summed E-state index contributed by atoms with van der Waals surface area (Å²) in [4.78, 5) is 19.5. The maximum absolute atomic E-state index is 14.5. The number of aliphatic imine (C=N–C) groups is 1. The summed E-state index contributed by atoms with van der Waals surface area (Å²) in [7, 11) is 0. The largest absolute Gasteiger partial charge is 0.448 e. The molecule has 7 nitrogen and oxygen atoms in total. The van der Waals surface area contributed by atoms with Gasteiger partial charge in [0.2, 0.25) is 5.88 Å². The molecular weight excluding hydrogens is 490 g/mol. The van der Waals surface area contributed by atoms with E-state index in [1.54, 1.807) is 24.5 Å². The lowest BCUT2D eigenvalue weighted by Crippen LogP contribution is -2.40. The van der Waals surface area contributed by atoms with E-state index in [9.17, 15) is 22.4 Å². The zero-order valence-electron chi connectivity index (χ0n) is 19.0. The molecule has 3 N–H and O–H groups in total. The molecule has 1 aliphatic heterocycles. The third-order valence-electron chi connectivity index (χ3n) is 5.71. The highest BCUT2D eigenvalue weighted by atomic mass is 19.4. The minimum Gasteiger partial charge on any atom is -0.448 e. The summed E-state index contributed by atoms with van der Waals surface area (Å²) in [6.07, 6.45) is -3.18. The Morgan fingerprint density at radius 2 is 1.76 bits per heavy atom. The Morgan fingerprint density at radius 3 is 2.43 bits per heavy atom. The van der Waals surface area contributed by atoms with E-state index in [1.807, 2.05) is 35.2 Å². The van der Waals surface area contributed by atoms with Crippen LogP contribution in [0.25, 0.3) is 0 Å². The van der Waals surface area contributed by atoms with Gasteiger partial charge in [0.15, 0.2) is 0 Å². The summed E-state index contributed by atoms with van der Waals surface area (Å²) in [5.41, 5.74) is 5.91. The van der Waals surface area contributed by atoms with Gasteiger partial charge in [-0.25, -0.2) is 14.2 Å². The number of para-hydroxylation sites is 1. The number of primary amides is 1. The summed E-state index contributed by atoms with van der Waals surface area (Å²) in [6, 6.07) is 17.9. The molecular formula is C26H19F4N5O2. The quantitative estimate of drug-likeness (QED) is 0.303. The van der Waals surface area contributed by atoms with E-state index in [-0.39, 0.29) is 5.69 Å². The van der Waals surface area contributed by atoms with Crippen molar-refractivity contribution in [2.75, 3.05) is 21.8 Å². The molecule has 0 radical (unpaired) electrons. The summed E-state index contributed by atoms with van der Waals surface area (Å²) in [5.74, 6) is 0.125. The monoisotopic (exact) mass is 509 g/mol. The Hall–Kier alpha value is -4.80. The predicted molar refractivity (Wildman–Crippen MR) is 132 cm³/mol. The molecule has 5 rings (SSSR count). The zero-order chi connectivity index (χ0) is 26.2. The number of furan rings is 1. The topological polar surface area (TPSA) is 87.1 Å². The van der Waals surface area contributed by atoms with Crippen LogP contribution in [-0.2, 0) is 6.18 Å². The van der Waals surface area contributed by atoms with Gasteiger partial charge in [0.05, 0.1) is 41.1 Å². The Labute approximate surface area is 208 Å². The molecule has 0 saturated carbocycles. The summed E-state index contributed by atoms with van der Waals surface area (Å²) < 4.78 is 59.7. The van der Waals surface area contributed by atoms with Crippen LogP contribution < -0.4 is 20.9 Å². The minimum atomic E-state index is -4.72. The normalized spacial score (nSPS) is 14.3. The highest BCUT2D eigenvalue weighted by Gasteiger charge is 2.33. The van der Waals surface area contributed by atoms with Crippen LogP contribution in [0.15, 0.2) is 94.5 Å². The average Bonchev–Trinajstić information content (AvgIpc) is 3.35. The number of urea groups is 1. The summed E-state index contributed by atoms with van der Waals surface area (Å²) in [5, 5.41) is 3.15. The number of fused-ring (bicyclic) bond motifs is 1. The number of nitrogens with one attached hydrogen (secondary N) is 1. The Balaban J connectivity index is 1.52. The lowest BCUT2D eigenvalue weighted by atomic mass is 10.1. The van der Waals surface area contributed by atoms with E-state index >= 15 is 0 Å². The Morgan fingerprint density at radius 1 is 1.03 bits per heavy atom. The lowest BCUT2D eigenvalue weighted by molar-refractivity contribution is -0.137.